The summed E-state index contributed by atoms with van der Waals surface area (Å²) in [5.41, 5.74) is 0.365. The Morgan fingerprint density at radius 1 is 1.46 bits per heavy atom. The van der Waals surface area contributed by atoms with Crippen molar-refractivity contribution in [1.82, 2.24) is 0 Å². The molecule has 1 nitrogen and oxygen atoms in total. The van der Waals surface area contributed by atoms with Crippen LogP contribution in [0.1, 0.15) is 24.5 Å². The zero-order valence-corrected chi connectivity index (χ0v) is 7.41. The third-order valence-corrected chi connectivity index (χ3v) is 1.91. The predicted octanol–water partition coefficient (Wildman–Crippen LogP) is 2.83. The van der Waals surface area contributed by atoms with Crippen molar-refractivity contribution < 1.29 is 9.50 Å². The lowest BCUT2D eigenvalue weighted by Crippen LogP contribution is -1.99. The van der Waals surface area contributed by atoms with Gasteiger partial charge in [-0.15, -0.1) is 6.58 Å². The molecule has 1 unspecified atom stereocenters. The predicted molar refractivity (Wildman–Crippen MR) is 50.8 cm³/mol. The molecule has 1 N–H and O–H groups in total. The van der Waals surface area contributed by atoms with Gasteiger partial charge in [-0.3, -0.25) is 0 Å². The molecule has 0 bridgehead atoms. The van der Waals surface area contributed by atoms with Crippen LogP contribution in [0.25, 0.3) is 0 Å². The summed E-state index contributed by atoms with van der Waals surface area (Å²) in [4.78, 5) is 0. The highest BCUT2D eigenvalue weighted by molar-refractivity contribution is 5.19. The maximum atomic E-state index is 13.1. The molecule has 0 aromatic heterocycles. The number of allylic oxidation sites excluding steroid dienone is 1. The number of halogens is 1. The summed E-state index contributed by atoms with van der Waals surface area (Å²) in [5.74, 6) is -0.348. The van der Waals surface area contributed by atoms with Crippen LogP contribution >= 0.6 is 0 Å². The molecule has 2 heteroatoms. The van der Waals surface area contributed by atoms with Crippen molar-refractivity contribution in [3.63, 3.8) is 0 Å². The molecule has 0 spiro atoms. The van der Waals surface area contributed by atoms with Crippen LogP contribution in [0.2, 0.25) is 0 Å². The lowest BCUT2D eigenvalue weighted by Gasteiger charge is -2.09. The maximum absolute atomic E-state index is 13.1. The molecule has 0 aliphatic heterocycles. The van der Waals surface area contributed by atoms with Crippen LogP contribution in [0.3, 0.4) is 0 Å². The number of benzene rings is 1. The normalized spacial score (nSPS) is 12.5. The first kappa shape index (κ1) is 9.93. The van der Waals surface area contributed by atoms with Crippen molar-refractivity contribution in [2.24, 2.45) is 0 Å². The number of aliphatic hydroxyl groups is 1. The van der Waals surface area contributed by atoms with Crippen molar-refractivity contribution in [1.29, 1.82) is 0 Å². The first-order valence-electron chi connectivity index (χ1n) is 4.29. The van der Waals surface area contributed by atoms with E-state index in [4.69, 9.17) is 0 Å². The van der Waals surface area contributed by atoms with Crippen LogP contribution < -0.4 is 0 Å². The number of rotatable bonds is 4. The van der Waals surface area contributed by atoms with Gasteiger partial charge in [-0.1, -0.05) is 24.3 Å². The Morgan fingerprint density at radius 3 is 2.77 bits per heavy atom. The molecule has 0 saturated heterocycles. The summed E-state index contributed by atoms with van der Waals surface area (Å²) in [6, 6.07) is 6.28. The van der Waals surface area contributed by atoms with E-state index in [-0.39, 0.29) is 5.82 Å². The van der Waals surface area contributed by atoms with Crippen molar-refractivity contribution in [3.05, 3.63) is 48.3 Å². The first-order chi connectivity index (χ1) is 6.25. The second kappa shape index (κ2) is 4.77. The highest BCUT2D eigenvalue weighted by atomic mass is 19.1. The van der Waals surface area contributed by atoms with Crippen LogP contribution in [0, 0.1) is 5.82 Å². The van der Waals surface area contributed by atoms with Gasteiger partial charge in [-0.25, -0.2) is 4.39 Å². The van der Waals surface area contributed by atoms with Gasteiger partial charge in [0, 0.05) is 5.56 Å². The zero-order chi connectivity index (χ0) is 9.68. The number of aliphatic hydroxyl groups excluding tert-OH is 1. The van der Waals surface area contributed by atoms with Gasteiger partial charge < -0.3 is 5.11 Å². The SMILES string of the molecule is C=CCCC(O)c1ccccc1F. The molecule has 1 aromatic rings. The van der Waals surface area contributed by atoms with E-state index in [2.05, 4.69) is 6.58 Å². The van der Waals surface area contributed by atoms with Gasteiger partial charge in [0.2, 0.25) is 0 Å². The summed E-state index contributed by atoms with van der Waals surface area (Å²) in [6.07, 6.45) is 2.20. The van der Waals surface area contributed by atoms with Gasteiger partial charge in [0.05, 0.1) is 6.10 Å². The molecule has 0 radical (unpaired) electrons. The summed E-state index contributed by atoms with van der Waals surface area (Å²) in [6.45, 7) is 3.54. The van der Waals surface area contributed by atoms with Crippen LogP contribution in [-0.4, -0.2) is 5.11 Å². The van der Waals surface area contributed by atoms with Crippen molar-refractivity contribution in [3.8, 4) is 0 Å². The minimum Gasteiger partial charge on any atom is -0.388 e. The molecule has 0 amide bonds. The molecular formula is C11H13FO. The third-order valence-electron chi connectivity index (χ3n) is 1.91. The van der Waals surface area contributed by atoms with Crippen LogP contribution in [-0.2, 0) is 0 Å². The zero-order valence-electron chi connectivity index (χ0n) is 7.41. The Morgan fingerprint density at radius 2 is 2.15 bits per heavy atom. The molecule has 0 aliphatic carbocycles. The minimum absolute atomic E-state index is 0.348. The lowest BCUT2D eigenvalue weighted by atomic mass is 10.0. The van der Waals surface area contributed by atoms with Crippen LogP contribution in [0.4, 0.5) is 4.39 Å². The largest absolute Gasteiger partial charge is 0.388 e. The average Bonchev–Trinajstić information content (AvgIpc) is 2.15. The Balaban J connectivity index is 2.70. The van der Waals surface area contributed by atoms with Gasteiger partial charge in [0.25, 0.3) is 0 Å². The van der Waals surface area contributed by atoms with Crippen LogP contribution in [0.15, 0.2) is 36.9 Å². The van der Waals surface area contributed by atoms with Gasteiger partial charge >= 0.3 is 0 Å². The number of hydrogen-bond acceptors (Lipinski definition) is 1. The second-order valence-electron chi connectivity index (χ2n) is 2.90. The van der Waals surface area contributed by atoms with Crippen molar-refractivity contribution in [2.45, 2.75) is 18.9 Å². The summed E-state index contributed by atoms with van der Waals surface area (Å²) in [5, 5.41) is 9.54. The molecule has 0 saturated carbocycles. The number of hydrogen-bond donors (Lipinski definition) is 1. The summed E-state index contributed by atoms with van der Waals surface area (Å²) in [7, 11) is 0. The van der Waals surface area contributed by atoms with E-state index < -0.39 is 6.10 Å². The standard InChI is InChI=1S/C11H13FO/c1-2-3-8-11(13)9-6-4-5-7-10(9)12/h2,4-7,11,13H,1,3,8H2. The monoisotopic (exact) mass is 180 g/mol. The minimum atomic E-state index is -0.723. The van der Waals surface area contributed by atoms with E-state index in [0.29, 0.717) is 18.4 Å². The quantitative estimate of drug-likeness (QED) is 0.706. The molecule has 0 aliphatic rings. The van der Waals surface area contributed by atoms with Gasteiger partial charge in [0.1, 0.15) is 5.82 Å². The first-order valence-corrected chi connectivity index (χ1v) is 4.29. The van der Waals surface area contributed by atoms with E-state index in [1.165, 1.54) is 6.07 Å². The molecule has 13 heavy (non-hydrogen) atoms. The van der Waals surface area contributed by atoms with Gasteiger partial charge in [-0.05, 0) is 18.9 Å². The van der Waals surface area contributed by atoms with Crippen molar-refractivity contribution >= 4 is 0 Å². The van der Waals surface area contributed by atoms with E-state index >= 15 is 0 Å². The van der Waals surface area contributed by atoms with Crippen LogP contribution in [0.5, 0.6) is 0 Å². The topological polar surface area (TPSA) is 20.2 Å². The van der Waals surface area contributed by atoms with Gasteiger partial charge in [0.15, 0.2) is 0 Å². The second-order valence-corrected chi connectivity index (χ2v) is 2.90. The highest BCUT2D eigenvalue weighted by Crippen LogP contribution is 2.20. The fourth-order valence-electron chi connectivity index (χ4n) is 1.18. The Labute approximate surface area is 77.5 Å². The lowest BCUT2D eigenvalue weighted by molar-refractivity contribution is 0.164. The molecule has 1 aromatic carbocycles. The van der Waals surface area contributed by atoms with E-state index in [9.17, 15) is 9.50 Å². The molecular weight excluding hydrogens is 167 g/mol. The molecule has 0 heterocycles. The van der Waals surface area contributed by atoms with E-state index in [0.717, 1.165) is 0 Å². The maximum Gasteiger partial charge on any atom is 0.128 e. The third kappa shape index (κ3) is 2.67. The molecule has 1 atom stereocenters. The highest BCUT2D eigenvalue weighted by Gasteiger charge is 2.10. The smallest absolute Gasteiger partial charge is 0.128 e. The fraction of sp³-hybridized carbons (Fsp3) is 0.273. The molecule has 1 rings (SSSR count). The van der Waals surface area contributed by atoms with Crippen molar-refractivity contribution in [2.75, 3.05) is 0 Å². The summed E-state index contributed by atoms with van der Waals surface area (Å²) < 4.78 is 13.1. The Hall–Kier alpha value is -1.15. The molecule has 70 valence electrons. The molecule has 0 fully saturated rings. The summed E-state index contributed by atoms with van der Waals surface area (Å²) >= 11 is 0. The van der Waals surface area contributed by atoms with E-state index in [1.807, 2.05) is 0 Å². The Kier molecular flexibility index (Phi) is 3.65. The Bertz CT molecular complexity index is 283. The van der Waals surface area contributed by atoms with E-state index in [1.54, 1.807) is 24.3 Å². The van der Waals surface area contributed by atoms with Gasteiger partial charge in [-0.2, -0.15) is 0 Å². The fourth-order valence-corrected chi connectivity index (χ4v) is 1.18. The average molecular weight is 180 g/mol.